The first-order chi connectivity index (χ1) is 7.17. The van der Waals surface area contributed by atoms with Gasteiger partial charge in [-0.25, -0.2) is 0 Å². The van der Waals surface area contributed by atoms with E-state index in [4.69, 9.17) is 10.5 Å². The van der Waals surface area contributed by atoms with Crippen LogP contribution in [0, 0.1) is 13.8 Å². The van der Waals surface area contributed by atoms with Crippen LogP contribution in [0.3, 0.4) is 0 Å². The summed E-state index contributed by atoms with van der Waals surface area (Å²) in [4.78, 5) is 0. The summed E-state index contributed by atoms with van der Waals surface area (Å²) < 4.78 is 5.81. The quantitative estimate of drug-likeness (QED) is 0.805. The van der Waals surface area contributed by atoms with Crippen molar-refractivity contribution in [2.45, 2.75) is 39.7 Å². The Bertz CT molecular complexity index is 309. The van der Waals surface area contributed by atoms with Crippen molar-refractivity contribution in [2.75, 3.05) is 6.54 Å². The molecule has 2 heteroatoms. The molecule has 0 bridgehead atoms. The van der Waals surface area contributed by atoms with Crippen LogP contribution in [0.4, 0.5) is 0 Å². The fourth-order valence-corrected chi connectivity index (χ4v) is 1.53. The first-order valence-corrected chi connectivity index (χ1v) is 5.61. The van der Waals surface area contributed by atoms with E-state index in [1.807, 2.05) is 6.07 Å². The van der Waals surface area contributed by atoms with E-state index < -0.39 is 0 Å². The Balaban J connectivity index is 2.66. The Morgan fingerprint density at radius 3 is 2.53 bits per heavy atom. The van der Waals surface area contributed by atoms with Gasteiger partial charge in [0.05, 0.1) is 0 Å². The average Bonchev–Trinajstić information content (AvgIpc) is 2.23. The van der Waals surface area contributed by atoms with Crippen molar-refractivity contribution in [1.29, 1.82) is 0 Å². The number of rotatable bonds is 5. The summed E-state index contributed by atoms with van der Waals surface area (Å²) in [6.45, 7) is 6.93. The molecule has 0 aliphatic heterocycles. The smallest absolute Gasteiger partial charge is 0.120 e. The largest absolute Gasteiger partial charge is 0.489 e. The van der Waals surface area contributed by atoms with Crippen molar-refractivity contribution >= 4 is 0 Å². The minimum atomic E-state index is 0.150. The van der Waals surface area contributed by atoms with Crippen molar-refractivity contribution in [3.63, 3.8) is 0 Å². The van der Waals surface area contributed by atoms with Crippen molar-refractivity contribution in [2.24, 2.45) is 5.73 Å². The molecule has 15 heavy (non-hydrogen) atoms. The summed E-state index contributed by atoms with van der Waals surface area (Å²) >= 11 is 0. The first kappa shape index (κ1) is 12.1. The summed E-state index contributed by atoms with van der Waals surface area (Å²) in [7, 11) is 0. The third-order valence-electron chi connectivity index (χ3n) is 2.65. The van der Waals surface area contributed by atoms with Crippen molar-refractivity contribution in [1.82, 2.24) is 0 Å². The van der Waals surface area contributed by atoms with E-state index in [2.05, 4.69) is 32.9 Å². The van der Waals surface area contributed by atoms with Crippen LogP contribution in [-0.2, 0) is 0 Å². The fraction of sp³-hybridized carbons (Fsp3) is 0.538. The van der Waals surface area contributed by atoms with Gasteiger partial charge in [0.25, 0.3) is 0 Å². The fourth-order valence-electron chi connectivity index (χ4n) is 1.53. The van der Waals surface area contributed by atoms with Gasteiger partial charge in [0.15, 0.2) is 0 Å². The lowest BCUT2D eigenvalue weighted by Gasteiger charge is -2.17. The van der Waals surface area contributed by atoms with Gasteiger partial charge in [-0.2, -0.15) is 0 Å². The Morgan fingerprint density at radius 2 is 2.00 bits per heavy atom. The standard InChI is InChI=1S/C13H21NO/c1-4-5-13(9-14)15-12-7-6-10(2)11(3)8-12/h6-8,13H,4-5,9,14H2,1-3H3. The lowest BCUT2D eigenvalue weighted by molar-refractivity contribution is 0.198. The SMILES string of the molecule is CCCC(CN)Oc1ccc(C)c(C)c1. The zero-order chi connectivity index (χ0) is 11.3. The predicted octanol–water partition coefficient (Wildman–Crippen LogP) is 2.81. The number of hydrogen-bond donors (Lipinski definition) is 1. The van der Waals surface area contributed by atoms with Gasteiger partial charge in [-0.15, -0.1) is 0 Å². The van der Waals surface area contributed by atoms with Crippen LogP contribution in [0.1, 0.15) is 30.9 Å². The minimum absolute atomic E-state index is 0.150. The van der Waals surface area contributed by atoms with E-state index in [1.165, 1.54) is 11.1 Å². The maximum atomic E-state index is 5.81. The monoisotopic (exact) mass is 207 g/mol. The zero-order valence-electron chi connectivity index (χ0n) is 9.92. The second kappa shape index (κ2) is 5.76. The number of ether oxygens (including phenoxy) is 1. The molecule has 0 saturated heterocycles. The van der Waals surface area contributed by atoms with E-state index >= 15 is 0 Å². The highest BCUT2D eigenvalue weighted by Crippen LogP contribution is 2.18. The molecule has 1 unspecified atom stereocenters. The molecule has 0 aliphatic carbocycles. The molecule has 2 nitrogen and oxygen atoms in total. The second-order valence-electron chi connectivity index (χ2n) is 4.01. The highest BCUT2D eigenvalue weighted by molar-refractivity contribution is 5.33. The topological polar surface area (TPSA) is 35.2 Å². The van der Waals surface area contributed by atoms with Gasteiger partial charge in [0.1, 0.15) is 11.9 Å². The molecule has 2 N–H and O–H groups in total. The number of hydrogen-bond acceptors (Lipinski definition) is 2. The van der Waals surface area contributed by atoms with E-state index in [1.54, 1.807) is 0 Å². The first-order valence-electron chi connectivity index (χ1n) is 5.61. The summed E-state index contributed by atoms with van der Waals surface area (Å²) in [6.07, 6.45) is 2.27. The normalized spacial score (nSPS) is 12.5. The molecule has 0 saturated carbocycles. The molecular weight excluding hydrogens is 186 g/mol. The van der Waals surface area contributed by atoms with Crippen molar-refractivity contribution in [3.05, 3.63) is 29.3 Å². The highest BCUT2D eigenvalue weighted by Gasteiger charge is 2.07. The van der Waals surface area contributed by atoms with Gasteiger partial charge in [-0.05, 0) is 43.5 Å². The molecule has 0 spiro atoms. The molecule has 0 fully saturated rings. The molecule has 0 heterocycles. The maximum Gasteiger partial charge on any atom is 0.120 e. The molecule has 84 valence electrons. The van der Waals surface area contributed by atoms with Gasteiger partial charge < -0.3 is 10.5 Å². The number of benzene rings is 1. The molecule has 1 aromatic rings. The van der Waals surface area contributed by atoms with Gasteiger partial charge in [0, 0.05) is 6.54 Å². The second-order valence-corrected chi connectivity index (χ2v) is 4.01. The number of nitrogens with two attached hydrogens (primary N) is 1. The van der Waals surface area contributed by atoms with Crippen molar-refractivity contribution < 1.29 is 4.74 Å². The Morgan fingerprint density at radius 1 is 1.27 bits per heavy atom. The molecule has 1 aromatic carbocycles. The average molecular weight is 207 g/mol. The van der Waals surface area contributed by atoms with Crippen LogP contribution >= 0.6 is 0 Å². The Hall–Kier alpha value is -1.02. The Labute approximate surface area is 92.4 Å². The molecule has 1 atom stereocenters. The highest BCUT2D eigenvalue weighted by atomic mass is 16.5. The van der Waals surface area contributed by atoms with Crippen LogP contribution in [-0.4, -0.2) is 12.6 Å². The third kappa shape index (κ3) is 3.56. The van der Waals surface area contributed by atoms with Crippen LogP contribution in [0.2, 0.25) is 0 Å². The van der Waals surface area contributed by atoms with E-state index in [0.717, 1.165) is 18.6 Å². The molecule has 1 rings (SSSR count). The molecule has 0 radical (unpaired) electrons. The van der Waals surface area contributed by atoms with E-state index in [9.17, 15) is 0 Å². The van der Waals surface area contributed by atoms with E-state index in [0.29, 0.717) is 6.54 Å². The van der Waals surface area contributed by atoms with Gasteiger partial charge >= 0.3 is 0 Å². The van der Waals surface area contributed by atoms with Crippen LogP contribution in [0.25, 0.3) is 0 Å². The minimum Gasteiger partial charge on any atom is -0.489 e. The molecular formula is C13H21NO. The van der Waals surface area contributed by atoms with Crippen LogP contribution in [0.5, 0.6) is 5.75 Å². The van der Waals surface area contributed by atoms with E-state index in [-0.39, 0.29) is 6.10 Å². The lowest BCUT2D eigenvalue weighted by Crippen LogP contribution is -2.26. The summed E-state index contributed by atoms with van der Waals surface area (Å²) in [6, 6.07) is 6.18. The van der Waals surface area contributed by atoms with Crippen LogP contribution < -0.4 is 10.5 Å². The summed E-state index contributed by atoms with van der Waals surface area (Å²) in [5, 5.41) is 0. The third-order valence-corrected chi connectivity index (χ3v) is 2.65. The summed E-state index contributed by atoms with van der Waals surface area (Å²) in [5.74, 6) is 0.932. The summed E-state index contributed by atoms with van der Waals surface area (Å²) in [5.41, 5.74) is 8.21. The predicted molar refractivity (Wildman–Crippen MR) is 64.3 cm³/mol. The lowest BCUT2D eigenvalue weighted by atomic mass is 10.1. The van der Waals surface area contributed by atoms with Gasteiger partial charge in [0.2, 0.25) is 0 Å². The van der Waals surface area contributed by atoms with Crippen LogP contribution in [0.15, 0.2) is 18.2 Å². The maximum absolute atomic E-state index is 5.81. The molecule has 0 amide bonds. The molecule has 0 aliphatic rings. The molecule has 0 aromatic heterocycles. The van der Waals surface area contributed by atoms with Gasteiger partial charge in [-0.1, -0.05) is 19.4 Å². The van der Waals surface area contributed by atoms with Gasteiger partial charge in [-0.3, -0.25) is 0 Å². The zero-order valence-corrected chi connectivity index (χ0v) is 9.92. The number of aryl methyl sites for hydroxylation is 2. The van der Waals surface area contributed by atoms with Crippen molar-refractivity contribution in [3.8, 4) is 5.75 Å². The Kier molecular flexibility index (Phi) is 4.63.